The fraction of sp³-hybridized carbons (Fsp3) is 0.333. The molecule has 0 aliphatic heterocycles. The monoisotopic (exact) mass is 538 g/mol. The Morgan fingerprint density at radius 1 is 1.16 bits per heavy atom. The predicted octanol–water partition coefficient (Wildman–Crippen LogP) is 5.54. The van der Waals surface area contributed by atoms with Gasteiger partial charge in [0.15, 0.2) is 11.6 Å². The van der Waals surface area contributed by atoms with Crippen LogP contribution in [0.25, 0.3) is 16.8 Å². The van der Waals surface area contributed by atoms with Gasteiger partial charge in [-0.3, -0.25) is 4.98 Å². The smallest absolute Gasteiger partial charge is 0.426 e. The molecule has 0 bridgehead atoms. The van der Waals surface area contributed by atoms with Crippen LogP contribution in [-0.4, -0.2) is 44.0 Å². The standard InChI is InChI=1S/C24H26ClF3N6O3/c1-6-33(32-23(36)37-24(3,4)5)22(35)31-13(2)20-18(27)7-14(10-29-20)17-8-15(25)9-19(28)21(17)34-12-16(26)11-30-34/h7-13H,6H2,1-5H3,(H,31,35)(H,32,36). The third-order valence-electron chi connectivity index (χ3n) is 4.93. The van der Waals surface area contributed by atoms with E-state index in [1.807, 2.05) is 0 Å². The van der Waals surface area contributed by atoms with Gasteiger partial charge in [0.05, 0.1) is 24.1 Å². The second-order valence-corrected chi connectivity index (χ2v) is 9.44. The molecule has 0 saturated carbocycles. The summed E-state index contributed by atoms with van der Waals surface area (Å²) in [5, 5.41) is 7.34. The van der Waals surface area contributed by atoms with Crippen molar-refractivity contribution >= 4 is 23.7 Å². The summed E-state index contributed by atoms with van der Waals surface area (Å²) in [6.07, 6.45) is 2.32. The number of amides is 3. The van der Waals surface area contributed by atoms with Crippen molar-refractivity contribution < 1.29 is 27.5 Å². The minimum absolute atomic E-state index is 0.0335. The van der Waals surface area contributed by atoms with E-state index in [4.69, 9.17) is 16.3 Å². The molecule has 0 radical (unpaired) electrons. The van der Waals surface area contributed by atoms with Crippen LogP contribution in [0.1, 0.15) is 46.4 Å². The Kier molecular flexibility index (Phi) is 8.32. The summed E-state index contributed by atoms with van der Waals surface area (Å²) in [5.41, 5.74) is 1.58. The lowest BCUT2D eigenvalue weighted by molar-refractivity contribution is 0.0381. The van der Waals surface area contributed by atoms with Crippen LogP contribution in [0.15, 0.2) is 36.8 Å². The van der Waals surface area contributed by atoms with E-state index in [2.05, 4.69) is 20.8 Å². The number of rotatable bonds is 5. The number of hydrogen-bond donors (Lipinski definition) is 2. The van der Waals surface area contributed by atoms with Crippen LogP contribution in [0, 0.1) is 17.5 Å². The van der Waals surface area contributed by atoms with E-state index in [0.29, 0.717) is 0 Å². The molecule has 3 amide bonds. The maximum Gasteiger partial charge on any atom is 0.426 e. The average molecular weight is 539 g/mol. The van der Waals surface area contributed by atoms with Crippen molar-refractivity contribution in [3.8, 4) is 16.8 Å². The van der Waals surface area contributed by atoms with Gasteiger partial charge in [-0.05, 0) is 52.8 Å². The van der Waals surface area contributed by atoms with Crippen LogP contribution in [0.5, 0.6) is 0 Å². The second kappa shape index (κ2) is 11.1. The van der Waals surface area contributed by atoms with Gasteiger partial charge in [0.2, 0.25) is 0 Å². The molecule has 3 rings (SSSR count). The van der Waals surface area contributed by atoms with Gasteiger partial charge in [0.1, 0.15) is 17.1 Å². The molecular formula is C24H26ClF3N6O3. The quantitative estimate of drug-likeness (QED) is 0.415. The summed E-state index contributed by atoms with van der Waals surface area (Å²) in [7, 11) is 0. The summed E-state index contributed by atoms with van der Waals surface area (Å²) >= 11 is 6.01. The molecule has 2 N–H and O–H groups in total. The Bertz CT molecular complexity index is 1310. The number of benzene rings is 1. The number of carbonyl (C=O) groups excluding carboxylic acids is 2. The summed E-state index contributed by atoms with van der Waals surface area (Å²) in [5.74, 6) is -2.29. The molecule has 2 aromatic heterocycles. The number of hydrazine groups is 1. The first-order valence-corrected chi connectivity index (χ1v) is 11.6. The lowest BCUT2D eigenvalue weighted by atomic mass is 10.0. The minimum atomic E-state index is -0.910. The molecule has 0 spiro atoms. The van der Waals surface area contributed by atoms with Crippen molar-refractivity contribution in [3.05, 3.63) is 65.0 Å². The van der Waals surface area contributed by atoms with Gasteiger partial charge in [-0.15, -0.1) is 0 Å². The number of hydrogen-bond acceptors (Lipinski definition) is 5. The van der Waals surface area contributed by atoms with Crippen molar-refractivity contribution in [2.45, 2.75) is 46.3 Å². The Labute approximate surface area is 216 Å². The van der Waals surface area contributed by atoms with Crippen molar-refractivity contribution in [2.24, 2.45) is 0 Å². The molecule has 37 heavy (non-hydrogen) atoms. The van der Waals surface area contributed by atoms with Crippen molar-refractivity contribution in [3.63, 3.8) is 0 Å². The third kappa shape index (κ3) is 6.91. The number of pyridine rings is 1. The molecule has 198 valence electrons. The minimum Gasteiger partial charge on any atom is -0.443 e. The van der Waals surface area contributed by atoms with Gasteiger partial charge in [-0.1, -0.05) is 11.6 Å². The fourth-order valence-electron chi connectivity index (χ4n) is 3.37. The van der Waals surface area contributed by atoms with Gasteiger partial charge in [-0.25, -0.2) is 37.9 Å². The molecule has 1 atom stereocenters. The number of nitrogens with zero attached hydrogens (tertiary/aromatic N) is 4. The van der Waals surface area contributed by atoms with Crippen molar-refractivity contribution in [1.29, 1.82) is 0 Å². The molecule has 13 heteroatoms. The van der Waals surface area contributed by atoms with Crippen molar-refractivity contribution in [1.82, 2.24) is 30.5 Å². The number of urea groups is 1. The first-order valence-electron chi connectivity index (χ1n) is 11.2. The maximum absolute atomic E-state index is 15.1. The van der Waals surface area contributed by atoms with Gasteiger partial charge in [-0.2, -0.15) is 5.10 Å². The zero-order valence-electron chi connectivity index (χ0n) is 20.8. The Morgan fingerprint density at radius 2 is 1.86 bits per heavy atom. The summed E-state index contributed by atoms with van der Waals surface area (Å²) in [4.78, 5) is 28.8. The normalized spacial score (nSPS) is 12.1. The van der Waals surface area contributed by atoms with E-state index in [9.17, 15) is 18.4 Å². The molecule has 0 aliphatic rings. The lowest BCUT2D eigenvalue weighted by Crippen LogP contribution is -2.52. The predicted molar refractivity (Wildman–Crippen MR) is 130 cm³/mol. The number of ether oxygens (including phenoxy) is 1. The van der Waals surface area contributed by atoms with E-state index in [1.54, 1.807) is 27.7 Å². The lowest BCUT2D eigenvalue weighted by Gasteiger charge is -2.26. The molecule has 0 fully saturated rings. The Hall–Kier alpha value is -3.80. The number of aromatic nitrogens is 3. The molecule has 1 unspecified atom stereocenters. The zero-order valence-corrected chi connectivity index (χ0v) is 21.5. The van der Waals surface area contributed by atoms with Gasteiger partial charge < -0.3 is 10.1 Å². The largest absolute Gasteiger partial charge is 0.443 e. The molecule has 0 aliphatic carbocycles. The van der Waals surface area contributed by atoms with Crippen LogP contribution in [0.3, 0.4) is 0 Å². The highest BCUT2D eigenvalue weighted by atomic mass is 35.5. The molecule has 0 saturated heterocycles. The number of halogens is 4. The second-order valence-electron chi connectivity index (χ2n) is 9.01. The molecule has 2 heterocycles. The summed E-state index contributed by atoms with van der Waals surface area (Å²) < 4.78 is 49.5. The first-order chi connectivity index (χ1) is 17.3. The maximum atomic E-state index is 15.1. The summed E-state index contributed by atoms with van der Waals surface area (Å²) in [6.45, 7) is 8.26. The van der Waals surface area contributed by atoms with Gasteiger partial charge >= 0.3 is 12.1 Å². The van der Waals surface area contributed by atoms with E-state index in [1.165, 1.54) is 19.2 Å². The third-order valence-corrected chi connectivity index (χ3v) is 5.14. The topological polar surface area (TPSA) is 101 Å². The van der Waals surface area contributed by atoms with Crippen LogP contribution >= 0.6 is 11.6 Å². The Balaban J connectivity index is 1.83. The summed E-state index contributed by atoms with van der Waals surface area (Å²) in [6, 6.07) is 1.87. The number of carbonyl (C=O) groups is 2. The van der Waals surface area contributed by atoms with E-state index in [0.717, 1.165) is 34.2 Å². The van der Waals surface area contributed by atoms with Crippen LogP contribution in [0.2, 0.25) is 5.02 Å². The zero-order chi connectivity index (χ0) is 27.5. The highest BCUT2D eigenvalue weighted by Gasteiger charge is 2.24. The highest BCUT2D eigenvalue weighted by Crippen LogP contribution is 2.33. The SMILES string of the molecule is CCN(NC(=O)OC(C)(C)C)C(=O)NC(C)c1ncc(-c2cc(Cl)cc(F)c2-n2cc(F)cn2)cc1F. The first kappa shape index (κ1) is 27.8. The molecule has 1 aromatic carbocycles. The van der Waals surface area contributed by atoms with E-state index >= 15 is 4.39 Å². The van der Waals surface area contributed by atoms with Crippen molar-refractivity contribution in [2.75, 3.05) is 6.54 Å². The van der Waals surface area contributed by atoms with Crippen LogP contribution < -0.4 is 10.7 Å². The van der Waals surface area contributed by atoms with Crippen LogP contribution in [0.4, 0.5) is 22.8 Å². The highest BCUT2D eigenvalue weighted by molar-refractivity contribution is 6.31. The average Bonchev–Trinajstić information content (AvgIpc) is 3.20. The fourth-order valence-corrected chi connectivity index (χ4v) is 3.58. The van der Waals surface area contributed by atoms with Gasteiger partial charge in [0.25, 0.3) is 0 Å². The molecule has 9 nitrogen and oxygen atoms in total. The van der Waals surface area contributed by atoms with E-state index in [-0.39, 0.29) is 34.1 Å². The molecule has 3 aromatic rings. The van der Waals surface area contributed by atoms with Crippen LogP contribution in [-0.2, 0) is 4.74 Å². The molecular weight excluding hydrogens is 513 g/mol. The van der Waals surface area contributed by atoms with Gasteiger partial charge in [0, 0.05) is 28.9 Å². The Morgan fingerprint density at radius 3 is 2.43 bits per heavy atom. The number of nitrogens with one attached hydrogen (secondary N) is 2. The van der Waals surface area contributed by atoms with E-state index < -0.39 is 41.2 Å².